The number of nitrogens with one attached hydrogen (secondary N) is 2. The fourth-order valence-corrected chi connectivity index (χ4v) is 2.23. The minimum Gasteiger partial charge on any atom is -0.317 e. The number of nitrogens with zero attached hydrogens (tertiary/aromatic N) is 1. The van der Waals surface area contributed by atoms with Crippen LogP contribution < -0.4 is 10.7 Å². The molecule has 25 heavy (non-hydrogen) atoms. The lowest BCUT2D eigenvalue weighted by molar-refractivity contribution is -0.136. The molecule has 2 rings (SSSR count). The Morgan fingerprint density at radius 3 is 2.32 bits per heavy atom. The van der Waals surface area contributed by atoms with Gasteiger partial charge in [0.25, 0.3) is 0 Å². The van der Waals surface area contributed by atoms with E-state index >= 15 is 0 Å². The lowest BCUT2D eigenvalue weighted by Gasteiger charge is -2.08. The van der Waals surface area contributed by atoms with E-state index in [9.17, 15) is 9.59 Å². The Kier molecular flexibility index (Phi) is 6.06. The fraction of sp³-hybridized carbons (Fsp3) is 0.250. The van der Waals surface area contributed by atoms with Gasteiger partial charge >= 0.3 is 11.8 Å². The summed E-state index contributed by atoms with van der Waals surface area (Å²) in [6.45, 7) is 8.03. The summed E-state index contributed by atoms with van der Waals surface area (Å²) in [6.07, 6.45) is 1.51. The fourth-order valence-electron chi connectivity index (χ4n) is 2.23. The van der Waals surface area contributed by atoms with E-state index in [1.807, 2.05) is 56.3 Å². The molecule has 5 nitrogen and oxygen atoms in total. The Hall–Kier alpha value is -2.95. The second-order valence-corrected chi connectivity index (χ2v) is 6.29. The van der Waals surface area contributed by atoms with Crippen LogP contribution in [0.4, 0.5) is 5.69 Å². The van der Waals surface area contributed by atoms with E-state index in [4.69, 9.17) is 0 Å². The molecule has 0 spiro atoms. The number of amides is 2. The molecule has 130 valence electrons. The maximum absolute atomic E-state index is 11.9. The van der Waals surface area contributed by atoms with Crippen molar-refractivity contribution in [2.75, 3.05) is 5.32 Å². The van der Waals surface area contributed by atoms with Crippen molar-refractivity contribution >= 4 is 23.7 Å². The summed E-state index contributed by atoms with van der Waals surface area (Å²) in [7, 11) is 0. The van der Waals surface area contributed by atoms with Gasteiger partial charge < -0.3 is 5.32 Å². The number of rotatable bonds is 4. The molecule has 0 aliphatic carbocycles. The number of hydrogen-bond acceptors (Lipinski definition) is 3. The van der Waals surface area contributed by atoms with Gasteiger partial charge in [0.05, 0.1) is 6.21 Å². The van der Waals surface area contributed by atoms with Crippen LogP contribution in [0.2, 0.25) is 0 Å². The highest BCUT2D eigenvalue weighted by molar-refractivity contribution is 6.39. The van der Waals surface area contributed by atoms with Gasteiger partial charge in [-0.1, -0.05) is 50.2 Å². The first-order chi connectivity index (χ1) is 11.9. The predicted molar refractivity (Wildman–Crippen MR) is 101 cm³/mol. The molecule has 0 saturated carbocycles. The van der Waals surface area contributed by atoms with Crippen LogP contribution >= 0.6 is 0 Å². The summed E-state index contributed by atoms with van der Waals surface area (Å²) < 4.78 is 0. The number of anilines is 1. The highest BCUT2D eigenvalue weighted by Gasteiger charge is 2.13. The molecule has 0 bridgehead atoms. The van der Waals surface area contributed by atoms with Crippen molar-refractivity contribution in [3.8, 4) is 0 Å². The van der Waals surface area contributed by atoms with Crippen LogP contribution in [0, 0.1) is 13.8 Å². The van der Waals surface area contributed by atoms with Crippen LogP contribution in [-0.2, 0) is 9.59 Å². The first-order valence-electron chi connectivity index (χ1n) is 8.18. The molecule has 0 saturated heterocycles. The van der Waals surface area contributed by atoms with Gasteiger partial charge in [-0.25, -0.2) is 5.43 Å². The average Bonchev–Trinajstić information content (AvgIpc) is 2.58. The lowest BCUT2D eigenvalue weighted by atomic mass is 10.0. The second-order valence-electron chi connectivity index (χ2n) is 6.29. The molecule has 2 aromatic carbocycles. The monoisotopic (exact) mass is 337 g/mol. The molecule has 2 aromatic rings. The molecular weight excluding hydrogens is 314 g/mol. The third-order valence-electron chi connectivity index (χ3n) is 3.83. The Bertz CT molecular complexity index is 793. The number of hydrogen-bond donors (Lipinski definition) is 2. The van der Waals surface area contributed by atoms with E-state index in [2.05, 4.69) is 29.7 Å². The summed E-state index contributed by atoms with van der Waals surface area (Å²) >= 11 is 0. The summed E-state index contributed by atoms with van der Waals surface area (Å²) in [5.74, 6) is -1.10. The summed E-state index contributed by atoms with van der Waals surface area (Å²) in [5, 5.41) is 6.43. The first kappa shape index (κ1) is 18.4. The zero-order valence-electron chi connectivity index (χ0n) is 15.0. The molecule has 2 N–H and O–H groups in total. The summed E-state index contributed by atoms with van der Waals surface area (Å²) in [5.41, 5.74) is 6.83. The van der Waals surface area contributed by atoms with Crippen molar-refractivity contribution in [2.24, 2.45) is 5.10 Å². The maximum atomic E-state index is 11.9. The SMILES string of the molecule is Cc1ccc(C)c(NC(=O)C(=O)N/N=C/c2ccc(C(C)C)cc2)c1. The van der Waals surface area contributed by atoms with Crippen molar-refractivity contribution in [1.29, 1.82) is 0 Å². The van der Waals surface area contributed by atoms with Crippen molar-refractivity contribution < 1.29 is 9.59 Å². The van der Waals surface area contributed by atoms with Gasteiger partial charge in [-0.05, 0) is 48.1 Å². The maximum Gasteiger partial charge on any atom is 0.329 e. The molecule has 0 radical (unpaired) electrons. The number of carbonyl (C=O) groups excluding carboxylic acids is 2. The van der Waals surface area contributed by atoms with E-state index in [1.165, 1.54) is 11.8 Å². The van der Waals surface area contributed by atoms with Crippen LogP contribution in [0.3, 0.4) is 0 Å². The second kappa shape index (κ2) is 8.24. The standard InChI is InChI=1S/C20H23N3O2/c1-13(2)17-9-7-16(8-10-17)12-21-23-20(25)19(24)22-18-11-14(3)5-6-15(18)4/h5-13H,1-4H3,(H,22,24)(H,23,25)/b21-12+. The Balaban J connectivity index is 1.92. The smallest absolute Gasteiger partial charge is 0.317 e. The third-order valence-corrected chi connectivity index (χ3v) is 3.83. The Labute approximate surface area is 148 Å². The van der Waals surface area contributed by atoms with Gasteiger partial charge in [-0.15, -0.1) is 0 Å². The van der Waals surface area contributed by atoms with E-state index in [0.717, 1.165) is 16.7 Å². The molecule has 5 heteroatoms. The minimum absolute atomic E-state index is 0.458. The molecular formula is C20H23N3O2. The van der Waals surface area contributed by atoms with Crippen LogP contribution in [-0.4, -0.2) is 18.0 Å². The Morgan fingerprint density at radius 2 is 1.68 bits per heavy atom. The van der Waals surface area contributed by atoms with Crippen molar-refractivity contribution in [1.82, 2.24) is 5.43 Å². The molecule has 0 aromatic heterocycles. The number of aryl methyl sites for hydroxylation is 2. The van der Waals surface area contributed by atoms with Gasteiger partial charge in [0.1, 0.15) is 0 Å². The number of hydrazone groups is 1. The van der Waals surface area contributed by atoms with Gasteiger partial charge in [-0.3, -0.25) is 9.59 Å². The molecule has 2 amide bonds. The highest BCUT2D eigenvalue weighted by Crippen LogP contribution is 2.16. The lowest BCUT2D eigenvalue weighted by Crippen LogP contribution is -2.32. The average molecular weight is 337 g/mol. The van der Waals surface area contributed by atoms with Crippen LogP contribution in [0.1, 0.15) is 42.0 Å². The largest absolute Gasteiger partial charge is 0.329 e. The van der Waals surface area contributed by atoms with Crippen molar-refractivity contribution in [2.45, 2.75) is 33.6 Å². The van der Waals surface area contributed by atoms with Crippen LogP contribution in [0.25, 0.3) is 0 Å². The quantitative estimate of drug-likeness (QED) is 0.509. The van der Waals surface area contributed by atoms with Crippen molar-refractivity contribution in [3.05, 3.63) is 64.7 Å². The Morgan fingerprint density at radius 1 is 1.00 bits per heavy atom. The van der Waals surface area contributed by atoms with Crippen LogP contribution in [0.5, 0.6) is 0 Å². The van der Waals surface area contributed by atoms with E-state index in [1.54, 1.807) is 0 Å². The highest BCUT2D eigenvalue weighted by atomic mass is 16.2. The summed E-state index contributed by atoms with van der Waals surface area (Å²) in [4.78, 5) is 23.8. The van der Waals surface area contributed by atoms with Gasteiger partial charge in [0.15, 0.2) is 0 Å². The first-order valence-corrected chi connectivity index (χ1v) is 8.18. The third kappa shape index (κ3) is 5.28. The van der Waals surface area contributed by atoms with Gasteiger partial charge in [0, 0.05) is 5.69 Å². The van der Waals surface area contributed by atoms with E-state index in [-0.39, 0.29) is 0 Å². The molecule has 0 atom stereocenters. The normalized spacial score (nSPS) is 10.9. The van der Waals surface area contributed by atoms with Gasteiger partial charge in [-0.2, -0.15) is 5.10 Å². The minimum atomic E-state index is -0.809. The molecule has 0 unspecified atom stereocenters. The predicted octanol–water partition coefficient (Wildman–Crippen LogP) is 3.52. The number of benzene rings is 2. The van der Waals surface area contributed by atoms with Gasteiger partial charge in [0.2, 0.25) is 0 Å². The topological polar surface area (TPSA) is 70.6 Å². The van der Waals surface area contributed by atoms with Crippen molar-refractivity contribution in [3.63, 3.8) is 0 Å². The van der Waals surface area contributed by atoms with Crippen LogP contribution in [0.15, 0.2) is 47.6 Å². The zero-order chi connectivity index (χ0) is 18.4. The zero-order valence-corrected chi connectivity index (χ0v) is 15.0. The molecule has 0 fully saturated rings. The molecule has 0 heterocycles. The van der Waals surface area contributed by atoms with E-state index < -0.39 is 11.8 Å². The molecule has 0 aliphatic rings. The van der Waals surface area contributed by atoms with E-state index in [0.29, 0.717) is 11.6 Å². The summed E-state index contributed by atoms with van der Waals surface area (Å²) in [6, 6.07) is 13.5. The number of carbonyl (C=O) groups is 2. The molecule has 0 aliphatic heterocycles.